The fourth-order valence-electron chi connectivity index (χ4n) is 1.31. The van der Waals surface area contributed by atoms with Crippen LogP contribution in [-0.4, -0.2) is 20.9 Å². The fraction of sp³-hybridized carbons (Fsp3) is 0.333. The SMILES string of the molecule is CC(C)CSc1nnc(Sc2ccc([N+](=O)[O-])cc2Cl)s1. The average Bonchev–Trinajstić information content (AvgIpc) is 2.86. The van der Waals surface area contributed by atoms with Crippen LogP contribution in [0.3, 0.4) is 0 Å². The van der Waals surface area contributed by atoms with Crippen molar-refractivity contribution in [3.05, 3.63) is 33.3 Å². The number of nitrogens with zero attached hydrogens (tertiary/aromatic N) is 3. The third kappa shape index (κ3) is 4.84. The Morgan fingerprint density at radius 2 is 2.10 bits per heavy atom. The van der Waals surface area contributed by atoms with E-state index < -0.39 is 4.92 Å². The lowest BCUT2D eigenvalue weighted by molar-refractivity contribution is -0.384. The number of halogens is 1. The van der Waals surface area contributed by atoms with Gasteiger partial charge in [0.05, 0.1) is 9.95 Å². The van der Waals surface area contributed by atoms with Gasteiger partial charge in [0.15, 0.2) is 8.68 Å². The normalized spacial score (nSPS) is 11.0. The maximum absolute atomic E-state index is 10.7. The highest BCUT2D eigenvalue weighted by Crippen LogP contribution is 2.38. The monoisotopic (exact) mass is 361 g/mol. The summed E-state index contributed by atoms with van der Waals surface area (Å²) in [5, 5.41) is 19.2. The summed E-state index contributed by atoms with van der Waals surface area (Å²) < 4.78 is 1.70. The Balaban J connectivity index is 2.06. The van der Waals surface area contributed by atoms with Crippen molar-refractivity contribution in [3.63, 3.8) is 0 Å². The molecular formula is C12H12ClN3O2S3. The zero-order valence-corrected chi connectivity index (χ0v) is 14.5. The number of nitro benzene ring substituents is 1. The molecule has 0 aliphatic heterocycles. The lowest BCUT2D eigenvalue weighted by Crippen LogP contribution is -1.89. The highest BCUT2D eigenvalue weighted by Gasteiger charge is 2.13. The van der Waals surface area contributed by atoms with Crippen molar-refractivity contribution in [3.8, 4) is 0 Å². The average molecular weight is 362 g/mol. The molecule has 0 N–H and O–H groups in total. The maximum atomic E-state index is 10.7. The molecule has 21 heavy (non-hydrogen) atoms. The molecule has 1 heterocycles. The summed E-state index contributed by atoms with van der Waals surface area (Å²) in [6.07, 6.45) is 0. The molecule has 112 valence electrons. The Labute approximate surface area is 139 Å². The largest absolute Gasteiger partial charge is 0.270 e. The molecule has 0 saturated heterocycles. The Hall–Kier alpha value is -0.830. The van der Waals surface area contributed by atoms with E-state index >= 15 is 0 Å². The molecule has 0 fully saturated rings. The van der Waals surface area contributed by atoms with Crippen molar-refractivity contribution in [2.24, 2.45) is 5.92 Å². The quantitative estimate of drug-likeness (QED) is 0.409. The van der Waals surface area contributed by atoms with Crippen LogP contribution >= 0.6 is 46.5 Å². The summed E-state index contributed by atoms with van der Waals surface area (Å²) in [5.74, 6) is 1.59. The van der Waals surface area contributed by atoms with Gasteiger partial charge in [-0.2, -0.15) is 0 Å². The second-order valence-corrected chi connectivity index (χ2v) is 8.45. The Bertz CT molecular complexity index is 648. The van der Waals surface area contributed by atoms with Crippen LogP contribution in [0.5, 0.6) is 0 Å². The molecule has 1 aromatic heterocycles. The van der Waals surface area contributed by atoms with Gasteiger partial charge in [0.25, 0.3) is 5.69 Å². The molecule has 0 amide bonds. The van der Waals surface area contributed by atoms with E-state index in [9.17, 15) is 10.1 Å². The van der Waals surface area contributed by atoms with E-state index in [1.165, 1.54) is 35.2 Å². The van der Waals surface area contributed by atoms with Crippen LogP contribution in [0.25, 0.3) is 0 Å². The van der Waals surface area contributed by atoms with E-state index in [0.29, 0.717) is 10.9 Å². The number of aromatic nitrogens is 2. The molecule has 9 heteroatoms. The van der Waals surface area contributed by atoms with Crippen molar-refractivity contribution < 1.29 is 4.92 Å². The predicted molar refractivity (Wildman–Crippen MR) is 87.7 cm³/mol. The van der Waals surface area contributed by atoms with Gasteiger partial charge in [0.2, 0.25) is 0 Å². The Morgan fingerprint density at radius 3 is 2.71 bits per heavy atom. The molecule has 0 aliphatic rings. The molecule has 0 saturated carbocycles. The number of nitro groups is 1. The molecule has 5 nitrogen and oxygen atoms in total. The molecule has 0 spiro atoms. The molecule has 2 aromatic rings. The van der Waals surface area contributed by atoms with E-state index in [1.54, 1.807) is 17.8 Å². The van der Waals surface area contributed by atoms with E-state index in [-0.39, 0.29) is 5.69 Å². The van der Waals surface area contributed by atoms with Crippen molar-refractivity contribution in [2.45, 2.75) is 27.4 Å². The van der Waals surface area contributed by atoms with Gasteiger partial charge in [0.1, 0.15) is 0 Å². The zero-order valence-electron chi connectivity index (χ0n) is 11.3. The molecule has 1 aromatic carbocycles. The lowest BCUT2D eigenvalue weighted by atomic mass is 10.3. The van der Waals surface area contributed by atoms with Crippen molar-refractivity contribution in [1.29, 1.82) is 0 Å². The third-order valence-corrected chi connectivity index (χ3v) is 6.29. The summed E-state index contributed by atoms with van der Waals surface area (Å²) >= 11 is 10.6. The van der Waals surface area contributed by atoms with E-state index in [1.807, 2.05) is 0 Å². The van der Waals surface area contributed by atoms with Crippen LogP contribution in [-0.2, 0) is 0 Å². The first kappa shape index (κ1) is 16.5. The number of non-ortho nitro benzene ring substituents is 1. The smallest absolute Gasteiger partial charge is 0.258 e. The first-order chi connectivity index (χ1) is 9.95. The van der Waals surface area contributed by atoms with Gasteiger partial charge in [-0.05, 0) is 12.0 Å². The standard InChI is InChI=1S/C12H12ClN3O2S3/c1-7(2)6-19-11-14-15-12(21-11)20-10-4-3-8(16(17)18)5-9(10)13/h3-5,7H,6H2,1-2H3. The summed E-state index contributed by atoms with van der Waals surface area (Å²) in [6.45, 7) is 4.31. The van der Waals surface area contributed by atoms with E-state index in [0.717, 1.165) is 19.3 Å². The fourth-order valence-corrected chi connectivity index (χ4v) is 4.56. The van der Waals surface area contributed by atoms with E-state index in [2.05, 4.69) is 24.0 Å². The predicted octanol–water partition coefficient (Wildman–Crippen LogP) is 5.00. The molecule has 0 unspecified atom stereocenters. The van der Waals surface area contributed by atoms with Crippen LogP contribution in [0.15, 0.2) is 31.8 Å². The number of rotatable bonds is 6. The minimum absolute atomic E-state index is 0.0187. The molecule has 0 aliphatic carbocycles. The zero-order chi connectivity index (χ0) is 15.4. The number of hydrogen-bond donors (Lipinski definition) is 0. The summed E-state index contributed by atoms with van der Waals surface area (Å²) in [4.78, 5) is 10.9. The van der Waals surface area contributed by atoms with Gasteiger partial charge in [-0.3, -0.25) is 10.1 Å². The number of benzene rings is 1. The van der Waals surface area contributed by atoms with Gasteiger partial charge < -0.3 is 0 Å². The molecule has 2 rings (SSSR count). The van der Waals surface area contributed by atoms with Gasteiger partial charge in [0, 0.05) is 22.8 Å². The van der Waals surface area contributed by atoms with Crippen LogP contribution in [0.4, 0.5) is 5.69 Å². The number of hydrogen-bond acceptors (Lipinski definition) is 7. The van der Waals surface area contributed by atoms with Gasteiger partial charge in [-0.25, -0.2) is 0 Å². The maximum Gasteiger partial charge on any atom is 0.270 e. The molecule has 0 atom stereocenters. The highest BCUT2D eigenvalue weighted by molar-refractivity contribution is 8.03. The third-order valence-electron chi connectivity index (χ3n) is 2.25. The minimum Gasteiger partial charge on any atom is -0.258 e. The molecule has 0 radical (unpaired) electrons. The van der Waals surface area contributed by atoms with Gasteiger partial charge in [-0.15, -0.1) is 10.2 Å². The summed E-state index contributed by atoms with van der Waals surface area (Å²) in [6, 6.07) is 4.41. The second-order valence-electron chi connectivity index (χ2n) is 4.51. The van der Waals surface area contributed by atoms with E-state index in [4.69, 9.17) is 11.6 Å². The Kier molecular flexibility index (Phi) is 5.86. The number of thioether (sulfide) groups is 1. The van der Waals surface area contributed by atoms with Crippen molar-refractivity contribution >= 4 is 52.1 Å². The van der Waals surface area contributed by atoms with Crippen molar-refractivity contribution in [2.75, 3.05) is 5.75 Å². The Morgan fingerprint density at radius 1 is 1.38 bits per heavy atom. The second kappa shape index (κ2) is 7.44. The highest BCUT2D eigenvalue weighted by atomic mass is 35.5. The topological polar surface area (TPSA) is 68.9 Å². The van der Waals surface area contributed by atoms with Crippen LogP contribution in [0, 0.1) is 16.0 Å². The van der Waals surface area contributed by atoms with Crippen molar-refractivity contribution in [1.82, 2.24) is 10.2 Å². The molecular weight excluding hydrogens is 350 g/mol. The van der Waals surface area contributed by atoms with Crippen LogP contribution in [0.2, 0.25) is 5.02 Å². The first-order valence-corrected chi connectivity index (χ1v) is 9.03. The van der Waals surface area contributed by atoms with Gasteiger partial charge in [-0.1, -0.05) is 60.3 Å². The summed E-state index contributed by atoms with van der Waals surface area (Å²) in [7, 11) is 0. The van der Waals surface area contributed by atoms with Crippen LogP contribution < -0.4 is 0 Å². The molecule has 0 bridgehead atoms. The minimum atomic E-state index is -0.466. The lowest BCUT2D eigenvalue weighted by Gasteiger charge is -2.00. The van der Waals surface area contributed by atoms with Gasteiger partial charge >= 0.3 is 0 Å². The summed E-state index contributed by atoms with van der Waals surface area (Å²) in [5.41, 5.74) is -0.0187. The van der Waals surface area contributed by atoms with Crippen LogP contribution in [0.1, 0.15) is 13.8 Å². The first-order valence-electron chi connectivity index (χ1n) is 6.04.